The number of carbonyl (C=O) groups excluding carboxylic acids is 2. The van der Waals surface area contributed by atoms with E-state index in [1.807, 2.05) is 12.3 Å². The van der Waals surface area contributed by atoms with Crippen molar-refractivity contribution >= 4 is 33.9 Å². The molecule has 0 bridgehead atoms. The lowest BCUT2D eigenvalue weighted by Crippen LogP contribution is -2.38. The summed E-state index contributed by atoms with van der Waals surface area (Å²) in [6.07, 6.45) is -1.20. The van der Waals surface area contributed by atoms with Crippen LogP contribution in [0.3, 0.4) is 0 Å². The van der Waals surface area contributed by atoms with Crippen molar-refractivity contribution in [2.75, 3.05) is 5.32 Å². The van der Waals surface area contributed by atoms with Gasteiger partial charge in [0.2, 0.25) is 0 Å². The van der Waals surface area contributed by atoms with Gasteiger partial charge in [-0.05, 0) is 19.1 Å². The van der Waals surface area contributed by atoms with Crippen molar-refractivity contribution in [1.82, 2.24) is 9.38 Å². The van der Waals surface area contributed by atoms with Crippen molar-refractivity contribution in [2.24, 2.45) is 0 Å². The van der Waals surface area contributed by atoms with Crippen molar-refractivity contribution in [3.8, 4) is 5.75 Å². The third-order valence-electron chi connectivity index (χ3n) is 4.07. The SMILES string of the molecule is Cc1csc2nc(COC(=O)C[C@H]3Oc4ccccc4NC3=O)cc(=O)n12. The third kappa shape index (κ3) is 3.41. The summed E-state index contributed by atoms with van der Waals surface area (Å²) in [6, 6.07) is 8.31. The number of carbonyl (C=O) groups is 2. The van der Waals surface area contributed by atoms with E-state index in [0.29, 0.717) is 22.1 Å². The van der Waals surface area contributed by atoms with Gasteiger partial charge in [-0.3, -0.25) is 18.8 Å². The number of nitrogens with one attached hydrogen (secondary N) is 1. The molecule has 0 spiro atoms. The van der Waals surface area contributed by atoms with Crippen molar-refractivity contribution in [3.05, 3.63) is 57.5 Å². The van der Waals surface area contributed by atoms with Crippen LogP contribution in [0.25, 0.3) is 4.96 Å². The Kier molecular flexibility index (Phi) is 4.36. The Bertz CT molecular complexity index is 1100. The van der Waals surface area contributed by atoms with E-state index in [1.165, 1.54) is 21.8 Å². The van der Waals surface area contributed by atoms with Crippen LogP contribution in [-0.2, 0) is 20.9 Å². The van der Waals surface area contributed by atoms with Gasteiger partial charge in [-0.2, -0.15) is 0 Å². The summed E-state index contributed by atoms with van der Waals surface area (Å²) in [5, 5.41) is 4.52. The monoisotopic (exact) mass is 385 g/mol. The molecule has 0 saturated heterocycles. The maximum atomic E-state index is 12.1. The Morgan fingerprint density at radius 3 is 3.04 bits per heavy atom. The smallest absolute Gasteiger partial charge is 0.310 e. The van der Waals surface area contributed by atoms with E-state index in [1.54, 1.807) is 24.3 Å². The third-order valence-corrected chi connectivity index (χ3v) is 5.01. The highest BCUT2D eigenvalue weighted by atomic mass is 32.1. The number of benzene rings is 1. The van der Waals surface area contributed by atoms with Crippen molar-refractivity contribution in [2.45, 2.75) is 26.1 Å². The lowest BCUT2D eigenvalue weighted by atomic mass is 10.1. The number of hydrogen-bond acceptors (Lipinski definition) is 7. The molecule has 3 heterocycles. The number of fused-ring (bicyclic) bond motifs is 2. The number of para-hydroxylation sites is 2. The molecule has 1 aliphatic rings. The highest BCUT2D eigenvalue weighted by molar-refractivity contribution is 7.15. The van der Waals surface area contributed by atoms with E-state index in [0.717, 1.165) is 5.69 Å². The summed E-state index contributed by atoms with van der Waals surface area (Å²) >= 11 is 1.34. The first kappa shape index (κ1) is 17.2. The van der Waals surface area contributed by atoms with Crippen molar-refractivity contribution in [1.29, 1.82) is 0 Å². The summed E-state index contributed by atoms with van der Waals surface area (Å²) in [5.74, 6) is -0.514. The molecule has 0 fully saturated rings. The summed E-state index contributed by atoms with van der Waals surface area (Å²) in [5.41, 5.74) is 1.50. The molecule has 27 heavy (non-hydrogen) atoms. The minimum absolute atomic E-state index is 0.146. The number of nitrogens with zero attached hydrogens (tertiary/aromatic N) is 2. The minimum atomic E-state index is -0.964. The lowest BCUT2D eigenvalue weighted by molar-refractivity contribution is -0.149. The Labute approximate surface area is 157 Å². The molecule has 0 aliphatic carbocycles. The topological polar surface area (TPSA) is 99.0 Å². The molecule has 0 unspecified atom stereocenters. The second-order valence-corrected chi connectivity index (χ2v) is 6.87. The normalized spacial score (nSPS) is 15.7. The molecule has 0 saturated carbocycles. The quantitative estimate of drug-likeness (QED) is 0.689. The first-order chi connectivity index (χ1) is 13.0. The van der Waals surface area contributed by atoms with Gasteiger partial charge < -0.3 is 14.8 Å². The zero-order valence-corrected chi connectivity index (χ0v) is 15.1. The van der Waals surface area contributed by atoms with Crippen LogP contribution in [0.4, 0.5) is 5.69 Å². The van der Waals surface area contributed by atoms with E-state index in [9.17, 15) is 14.4 Å². The van der Waals surface area contributed by atoms with E-state index in [2.05, 4.69) is 10.3 Å². The van der Waals surface area contributed by atoms with Gasteiger partial charge in [0.05, 0.1) is 17.8 Å². The molecule has 1 aliphatic heterocycles. The Balaban J connectivity index is 1.40. The van der Waals surface area contributed by atoms with Crippen molar-refractivity contribution in [3.63, 3.8) is 0 Å². The first-order valence-corrected chi connectivity index (χ1v) is 9.08. The fourth-order valence-corrected chi connectivity index (χ4v) is 3.66. The molecule has 1 aromatic carbocycles. The summed E-state index contributed by atoms with van der Waals surface area (Å²) < 4.78 is 12.2. The maximum Gasteiger partial charge on any atom is 0.310 e. The predicted molar refractivity (Wildman–Crippen MR) is 98.0 cm³/mol. The van der Waals surface area contributed by atoms with Crippen LogP contribution in [0.5, 0.6) is 5.75 Å². The molecule has 3 aromatic rings. The fourth-order valence-electron chi connectivity index (χ4n) is 2.77. The maximum absolute atomic E-state index is 12.1. The average Bonchev–Trinajstić information content (AvgIpc) is 3.02. The molecular formula is C18H15N3O5S. The van der Waals surface area contributed by atoms with Gasteiger partial charge in [0.1, 0.15) is 12.4 Å². The average molecular weight is 385 g/mol. The van der Waals surface area contributed by atoms with Gasteiger partial charge in [0.15, 0.2) is 11.1 Å². The minimum Gasteiger partial charge on any atom is -0.478 e. The van der Waals surface area contributed by atoms with Gasteiger partial charge in [0, 0.05) is 17.1 Å². The number of ether oxygens (including phenoxy) is 2. The molecule has 2 aromatic heterocycles. The molecule has 0 radical (unpaired) electrons. The zero-order valence-electron chi connectivity index (χ0n) is 14.3. The number of anilines is 1. The van der Waals surface area contributed by atoms with Crippen LogP contribution in [0.15, 0.2) is 40.5 Å². The van der Waals surface area contributed by atoms with Gasteiger partial charge in [-0.25, -0.2) is 4.98 Å². The van der Waals surface area contributed by atoms with E-state index >= 15 is 0 Å². The number of aromatic nitrogens is 2. The second kappa shape index (κ2) is 6.84. The number of amides is 1. The number of thiazole rings is 1. The second-order valence-electron chi connectivity index (χ2n) is 6.04. The molecule has 1 N–H and O–H groups in total. The summed E-state index contributed by atoms with van der Waals surface area (Å²) in [4.78, 5) is 41.1. The van der Waals surface area contributed by atoms with E-state index in [4.69, 9.17) is 9.47 Å². The summed E-state index contributed by atoms with van der Waals surface area (Å²) in [6.45, 7) is 1.67. The van der Waals surface area contributed by atoms with E-state index < -0.39 is 18.0 Å². The fraction of sp³-hybridized carbons (Fsp3) is 0.222. The number of hydrogen-bond donors (Lipinski definition) is 1. The van der Waals surface area contributed by atoms with Gasteiger partial charge in [-0.15, -0.1) is 11.3 Å². The van der Waals surface area contributed by atoms with Crippen LogP contribution in [0, 0.1) is 6.92 Å². The highest BCUT2D eigenvalue weighted by Crippen LogP contribution is 2.29. The molecular weight excluding hydrogens is 370 g/mol. The Morgan fingerprint density at radius 1 is 1.37 bits per heavy atom. The Hall–Kier alpha value is -3.20. The number of rotatable bonds is 4. The van der Waals surface area contributed by atoms with Crippen LogP contribution in [-0.4, -0.2) is 27.4 Å². The van der Waals surface area contributed by atoms with Crippen molar-refractivity contribution < 1.29 is 19.1 Å². The van der Waals surface area contributed by atoms with Gasteiger partial charge >= 0.3 is 5.97 Å². The van der Waals surface area contributed by atoms with E-state index in [-0.39, 0.29) is 18.6 Å². The lowest BCUT2D eigenvalue weighted by Gasteiger charge is -2.25. The predicted octanol–water partition coefficient (Wildman–Crippen LogP) is 1.90. The van der Waals surface area contributed by atoms with Crippen LogP contribution < -0.4 is 15.6 Å². The van der Waals surface area contributed by atoms with Gasteiger partial charge in [-0.1, -0.05) is 12.1 Å². The molecule has 9 heteroatoms. The molecule has 138 valence electrons. The summed E-state index contributed by atoms with van der Waals surface area (Å²) in [7, 11) is 0. The zero-order chi connectivity index (χ0) is 19.0. The molecule has 4 rings (SSSR count). The number of esters is 1. The van der Waals surface area contributed by atoms with Crippen LogP contribution in [0.2, 0.25) is 0 Å². The largest absolute Gasteiger partial charge is 0.478 e. The molecule has 1 atom stereocenters. The first-order valence-electron chi connectivity index (χ1n) is 8.20. The number of aryl methyl sites for hydroxylation is 1. The Morgan fingerprint density at radius 2 is 2.19 bits per heavy atom. The van der Waals surface area contributed by atoms with Crippen LogP contribution >= 0.6 is 11.3 Å². The highest BCUT2D eigenvalue weighted by Gasteiger charge is 2.30. The van der Waals surface area contributed by atoms with Gasteiger partial charge in [0.25, 0.3) is 11.5 Å². The molecule has 8 nitrogen and oxygen atoms in total. The van der Waals surface area contributed by atoms with Crippen LogP contribution in [0.1, 0.15) is 17.8 Å². The standard InChI is InChI=1S/C18H15N3O5S/c1-10-9-27-18-19-11(6-15(22)21(10)18)8-25-16(23)7-14-17(24)20-12-4-2-3-5-13(12)26-14/h2-6,9,14H,7-8H2,1H3,(H,20,24)/t14-/m1/s1. The molecule has 1 amide bonds.